The van der Waals surface area contributed by atoms with Crippen LogP contribution in [0.4, 0.5) is 10.5 Å². The van der Waals surface area contributed by atoms with Crippen molar-refractivity contribution >= 4 is 37.1 Å². The molecule has 3 amide bonds. The van der Waals surface area contributed by atoms with Crippen molar-refractivity contribution in [3.63, 3.8) is 0 Å². The molecule has 0 saturated carbocycles. The molecule has 0 aliphatic rings. The summed E-state index contributed by atoms with van der Waals surface area (Å²) in [7, 11) is 4.92. The molecule has 1 aromatic carbocycles. The van der Waals surface area contributed by atoms with Gasteiger partial charge in [-0.3, -0.25) is 19.2 Å². The Morgan fingerprint density at radius 2 is 1.69 bits per heavy atom. The van der Waals surface area contributed by atoms with Gasteiger partial charge in [-0.05, 0) is 44.4 Å². The van der Waals surface area contributed by atoms with E-state index in [1.807, 2.05) is 34.6 Å². The normalized spacial score (nSPS) is 12.1. The molecule has 2 radical (unpaired) electrons. The van der Waals surface area contributed by atoms with Crippen LogP contribution < -0.4 is 16.0 Å². The van der Waals surface area contributed by atoms with Gasteiger partial charge in [-0.2, -0.15) is 0 Å². The summed E-state index contributed by atoms with van der Waals surface area (Å²) in [6.07, 6.45) is 0.109. The number of hydrogen-bond donors (Lipinski definition) is 3. The zero-order valence-electron chi connectivity index (χ0n) is 19.3. The molecule has 10 heteroatoms. The molecule has 32 heavy (non-hydrogen) atoms. The molecule has 3 N–H and O–H groups in total. The van der Waals surface area contributed by atoms with Gasteiger partial charge in [0, 0.05) is 12.3 Å². The van der Waals surface area contributed by atoms with Crippen LogP contribution in [0.15, 0.2) is 24.3 Å². The minimum atomic E-state index is -0.869. The molecule has 1 rings (SSSR count). The third-order valence-corrected chi connectivity index (χ3v) is 4.43. The van der Waals surface area contributed by atoms with Crippen LogP contribution in [0, 0.1) is 5.92 Å². The minimum Gasteiger partial charge on any atom is -0.470 e. The second-order valence-electron chi connectivity index (χ2n) is 8.23. The molecule has 0 fully saturated rings. The monoisotopic (exact) mass is 445 g/mol. The third kappa shape index (κ3) is 10.4. The first kappa shape index (κ1) is 27.2. The summed E-state index contributed by atoms with van der Waals surface area (Å²) < 4.78 is 10.2. The molecule has 174 valence electrons. The van der Waals surface area contributed by atoms with E-state index in [0.29, 0.717) is 17.9 Å². The van der Waals surface area contributed by atoms with Crippen molar-refractivity contribution in [2.75, 3.05) is 18.5 Å². The van der Waals surface area contributed by atoms with Crippen molar-refractivity contribution in [1.29, 1.82) is 0 Å². The van der Waals surface area contributed by atoms with Gasteiger partial charge in [0.05, 0.1) is 18.6 Å². The Bertz CT molecular complexity index is 795. The lowest BCUT2D eigenvalue weighted by Gasteiger charge is -2.26. The molecular weight excluding hydrogens is 413 g/mol. The third-order valence-electron chi connectivity index (χ3n) is 4.43. The molecule has 0 aliphatic carbocycles. The van der Waals surface area contributed by atoms with Gasteiger partial charge in [-0.25, -0.2) is 0 Å². The number of anilines is 1. The van der Waals surface area contributed by atoms with Gasteiger partial charge in [-0.1, -0.05) is 26.0 Å². The molecule has 0 saturated heterocycles. The van der Waals surface area contributed by atoms with Crippen molar-refractivity contribution in [1.82, 2.24) is 10.6 Å². The number of carbonyl (C=O) groups is 4. The Kier molecular flexibility index (Phi) is 10.9. The number of rotatable bonds is 12. The summed E-state index contributed by atoms with van der Waals surface area (Å²) in [5.74, 6) is -2.22. The van der Waals surface area contributed by atoms with Crippen LogP contribution in [0.1, 0.15) is 46.6 Å². The Hall–Kier alpha value is -2.88. The molecule has 1 unspecified atom stereocenters. The maximum Gasteiger partial charge on any atom is 0.243 e. The highest BCUT2D eigenvalue weighted by Crippen LogP contribution is 2.15. The van der Waals surface area contributed by atoms with Crippen LogP contribution in [0.5, 0.6) is 0 Å². The van der Waals surface area contributed by atoms with E-state index in [-0.39, 0.29) is 31.4 Å². The second-order valence-corrected chi connectivity index (χ2v) is 8.23. The van der Waals surface area contributed by atoms with E-state index < -0.39 is 29.3 Å². The van der Waals surface area contributed by atoms with Crippen LogP contribution >= 0.6 is 0 Å². The van der Waals surface area contributed by atoms with E-state index in [0.717, 1.165) is 0 Å². The number of hydrogen-bond acceptors (Lipinski definition) is 6. The Morgan fingerprint density at radius 3 is 2.22 bits per heavy atom. The van der Waals surface area contributed by atoms with Crippen molar-refractivity contribution in [3.8, 4) is 0 Å². The van der Waals surface area contributed by atoms with Gasteiger partial charge >= 0.3 is 0 Å². The molecule has 0 aromatic heterocycles. The summed E-state index contributed by atoms with van der Waals surface area (Å²) in [6.45, 7) is 9.34. The largest absolute Gasteiger partial charge is 0.470 e. The number of carbonyl (C=O) groups excluding carboxylic acids is 4. The van der Waals surface area contributed by atoms with Gasteiger partial charge in [0.15, 0.2) is 0 Å². The first-order valence-electron chi connectivity index (χ1n) is 10.5. The highest BCUT2D eigenvalue weighted by Gasteiger charge is 2.28. The Balaban J connectivity index is 2.55. The lowest BCUT2D eigenvalue weighted by atomic mass is 10.0. The summed E-state index contributed by atoms with van der Waals surface area (Å²) in [5, 5.41) is 7.93. The highest BCUT2D eigenvalue weighted by molar-refractivity contribution is 6.55. The second kappa shape index (κ2) is 12.9. The highest BCUT2D eigenvalue weighted by atomic mass is 16.5. The average molecular weight is 445 g/mol. The number of amides is 3. The fourth-order valence-electron chi connectivity index (χ4n) is 2.91. The molecule has 0 heterocycles. The van der Waals surface area contributed by atoms with Crippen LogP contribution in [0.25, 0.3) is 0 Å². The molecule has 1 aromatic rings. The quantitative estimate of drug-likeness (QED) is 0.423. The van der Waals surface area contributed by atoms with E-state index in [1.54, 1.807) is 24.3 Å². The van der Waals surface area contributed by atoms with Crippen LogP contribution in [0.3, 0.4) is 0 Å². The van der Waals surface area contributed by atoms with Crippen LogP contribution in [-0.4, -0.2) is 56.2 Å². The number of ether oxygens (including phenoxy) is 2. The molecule has 0 bridgehead atoms. The number of nitrogens with one attached hydrogen (secondary N) is 3. The van der Waals surface area contributed by atoms with Crippen molar-refractivity contribution in [2.24, 2.45) is 5.92 Å². The summed E-state index contributed by atoms with van der Waals surface area (Å²) >= 11 is 0. The van der Waals surface area contributed by atoms with Gasteiger partial charge in [-0.15, -0.1) is 0 Å². The van der Waals surface area contributed by atoms with E-state index in [4.69, 9.17) is 12.6 Å². The molecule has 0 aliphatic heterocycles. The molecule has 9 nitrogen and oxygen atoms in total. The molecule has 1 atom stereocenters. The zero-order valence-corrected chi connectivity index (χ0v) is 19.3. The van der Waals surface area contributed by atoms with Crippen molar-refractivity contribution < 1.29 is 28.7 Å². The van der Waals surface area contributed by atoms with Crippen molar-refractivity contribution in [2.45, 2.75) is 59.3 Å². The lowest BCUT2D eigenvalue weighted by Crippen LogP contribution is -2.52. The summed E-state index contributed by atoms with van der Waals surface area (Å²) in [5.41, 5.74) is 0.579. The molecule has 0 spiro atoms. The van der Waals surface area contributed by atoms with Crippen molar-refractivity contribution in [3.05, 3.63) is 29.8 Å². The van der Waals surface area contributed by atoms with E-state index >= 15 is 0 Å². The SMILES string of the molecule is [B]C(=O)OCc1ccc(NC(=O)CNC(=O)C(NC(=O)CC(C)(C)OCC)C(C)C)cc1. The summed E-state index contributed by atoms with van der Waals surface area (Å²) in [4.78, 5) is 47.7. The smallest absolute Gasteiger partial charge is 0.243 e. The maximum atomic E-state index is 12.6. The van der Waals surface area contributed by atoms with Crippen LogP contribution in [0.2, 0.25) is 0 Å². The van der Waals surface area contributed by atoms with Gasteiger partial charge in [0.25, 0.3) is 0 Å². The van der Waals surface area contributed by atoms with Gasteiger partial charge in [0.1, 0.15) is 12.6 Å². The molecular formula is C22H32BN3O6. The first-order chi connectivity index (χ1) is 14.9. The van der Waals surface area contributed by atoms with E-state index in [1.165, 1.54) is 0 Å². The summed E-state index contributed by atoms with van der Waals surface area (Å²) in [6, 6.07) is 5.83. The Labute approximate surface area is 190 Å². The van der Waals surface area contributed by atoms with Crippen LogP contribution in [-0.2, 0) is 30.5 Å². The fraction of sp³-hybridized carbons (Fsp3) is 0.545. The van der Waals surface area contributed by atoms with Gasteiger partial charge in [0.2, 0.25) is 31.4 Å². The minimum absolute atomic E-state index is 0.0314. The average Bonchev–Trinajstić information content (AvgIpc) is 2.69. The van der Waals surface area contributed by atoms with Gasteiger partial charge < -0.3 is 25.4 Å². The standard InChI is InChI=1S/C22H32BN3O6/c1-6-32-22(4,5)11-17(27)26-19(14(2)3)20(29)24-12-18(28)25-16-9-7-15(8-10-16)13-31-21(23)30/h7-10,14,19H,6,11-13H2,1-5H3,(H,24,29)(H,25,28)(H,26,27). The first-order valence-corrected chi connectivity index (χ1v) is 10.5. The lowest BCUT2D eigenvalue weighted by molar-refractivity contribution is -0.133. The van der Waals surface area contributed by atoms with E-state index in [2.05, 4.69) is 20.7 Å². The zero-order chi connectivity index (χ0) is 24.3. The fourth-order valence-corrected chi connectivity index (χ4v) is 2.91. The topological polar surface area (TPSA) is 123 Å². The number of benzene rings is 1. The predicted octanol–water partition coefficient (Wildman–Crippen LogP) is 1.89. The Morgan fingerprint density at radius 1 is 1.06 bits per heavy atom. The van der Waals surface area contributed by atoms with E-state index in [9.17, 15) is 19.2 Å². The predicted molar refractivity (Wildman–Crippen MR) is 121 cm³/mol. The maximum absolute atomic E-state index is 12.6.